The van der Waals surface area contributed by atoms with E-state index in [1.807, 2.05) is 6.92 Å². The van der Waals surface area contributed by atoms with E-state index in [2.05, 4.69) is 15.4 Å². The van der Waals surface area contributed by atoms with E-state index in [-0.39, 0.29) is 5.56 Å². The number of fused-ring (bicyclic) bond motifs is 2. The van der Waals surface area contributed by atoms with Gasteiger partial charge >= 0.3 is 0 Å². The Morgan fingerprint density at radius 3 is 3.25 bits per heavy atom. The Bertz CT molecular complexity index is 597. The number of aryl methyl sites for hydroxylation is 1. The van der Waals surface area contributed by atoms with Crippen LogP contribution in [0.4, 0.5) is 5.95 Å². The van der Waals surface area contributed by atoms with Gasteiger partial charge in [-0.25, -0.2) is 9.50 Å². The molecule has 0 saturated heterocycles. The van der Waals surface area contributed by atoms with Gasteiger partial charge in [0.05, 0.1) is 6.20 Å². The molecule has 0 aliphatic carbocycles. The number of anilines is 1. The molecule has 6 nitrogen and oxygen atoms in total. The van der Waals surface area contributed by atoms with E-state index in [1.54, 1.807) is 15.3 Å². The fraction of sp³-hybridized carbons (Fsp3) is 0.500. The smallest absolute Gasteiger partial charge is 0.280 e. The lowest BCUT2D eigenvalue weighted by Gasteiger charge is -2.18. The first-order valence-electron chi connectivity index (χ1n) is 5.52. The summed E-state index contributed by atoms with van der Waals surface area (Å²) in [7, 11) is 0. The molecule has 0 fully saturated rings. The van der Waals surface area contributed by atoms with Gasteiger partial charge in [-0.1, -0.05) is 6.92 Å². The van der Waals surface area contributed by atoms with E-state index < -0.39 is 0 Å². The van der Waals surface area contributed by atoms with Crippen LogP contribution in [0, 0.1) is 0 Å². The van der Waals surface area contributed by atoms with Gasteiger partial charge in [0.2, 0.25) is 5.95 Å². The van der Waals surface area contributed by atoms with Gasteiger partial charge in [0.25, 0.3) is 5.56 Å². The number of hydrogen-bond donors (Lipinski definition) is 1. The van der Waals surface area contributed by atoms with Gasteiger partial charge in [0.15, 0.2) is 5.52 Å². The van der Waals surface area contributed by atoms with Crippen molar-refractivity contribution in [1.82, 2.24) is 19.2 Å². The van der Waals surface area contributed by atoms with Gasteiger partial charge < -0.3 is 5.32 Å². The van der Waals surface area contributed by atoms with Gasteiger partial charge in [-0.2, -0.15) is 0 Å². The Labute approximate surface area is 91.9 Å². The molecular formula is C10H13N5O. The summed E-state index contributed by atoms with van der Waals surface area (Å²) in [5.74, 6) is 1.47. The topological polar surface area (TPSA) is 64.2 Å². The maximum atomic E-state index is 12.1. The first-order valence-corrected chi connectivity index (χ1v) is 5.52. The predicted molar refractivity (Wildman–Crippen MR) is 59.7 cm³/mol. The van der Waals surface area contributed by atoms with E-state index >= 15 is 0 Å². The van der Waals surface area contributed by atoms with Gasteiger partial charge in [-0.3, -0.25) is 9.36 Å². The number of rotatable bonds is 1. The van der Waals surface area contributed by atoms with Crippen molar-refractivity contribution in [3.63, 3.8) is 0 Å². The van der Waals surface area contributed by atoms with Crippen molar-refractivity contribution in [2.24, 2.45) is 0 Å². The zero-order valence-electron chi connectivity index (χ0n) is 9.10. The maximum absolute atomic E-state index is 12.1. The molecule has 16 heavy (non-hydrogen) atoms. The predicted octanol–water partition coefficient (Wildman–Crippen LogP) is 0.269. The summed E-state index contributed by atoms with van der Waals surface area (Å²) in [5, 5.41) is 7.55. The molecule has 0 radical (unpaired) electrons. The molecule has 3 rings (SSSR count). The van der Waals surface area contributed by atoms with Crippen LogP contribution in [-0.4, -0.2) is 25.7 Å². The molecule has 0 bridgehead atoms. The Balaban J connectivity index is 2.36. The highest BCUT2D eigenvalue weighted by Gasteiger charge is 2.16. The minimum Gasteiger partial charge on any atom is -0.354 e. The number of hydrogen-bond acceptors (Lipinski definition) is 4. The van der Waals surface area contributed by atoms with Gasteiger partial charge in [0.1, 0.15) is 5.82 Å². The molecule has 0 unspecified atom stereocenters. The quantitative estimate of drug-likeness (QED) is 0.747. The van der Waals surface area contributed by atoms with Crippen molar-refractivity contribution in [2.45, 2.75) is 26.3 Å². The van der Waals surface area contributed by atoms with Crippen LogP contribution >= 0.6 is 0 Å². The zero-order chi connectivity index (χ0) is 11.1. The molecule has 2 aromatic heterocycles. The second-order valence-corrected chi connectivity index (χ2v) is 3.89. The van der Waals surface area contributed by atoms with E-state index in [4.69, 9.17) is 0 Å². The van der Waals surface area contributed by atoms with E-state index in [1.165, 1.54) is 0 Å². The van der Waals surface area contributed by atoms with E-state index in [0.29, 0.717) is 11.5 Å². The lowest BCUT2D eigenvalue weighted by molar-refractivity contribution is 0.581. The SMILES string of the molecule is CCc1ncc2c(=O)n3c(nn12)NCCC3. The third-order valence-corrected chi connectivity index (χ3v) is 2.88. The summed E-state index contributed by atoms with van der Waals surface area (Å²) in [6.45, 7) is 3.60. The van der Waals surface area contributed by atoms with Crippen LogP contribution in [0.1, 0.15) is 19.2 Å². The Morgan fingerprint density at radius 2 is 2.44 bits per heavy atom. The lowest BCUT2D eigenvalue weighted by atomic mass is 10.3. The Hall–Kier alpha value is -1.85. The minimum atomic E-state index is -0.00981. The normalized spacial score (nSPS) is 14.8. The highest BCUT2D eigenvalue weighted by atomic mass is 16.1. The molecule has 0 spiro atoms. The van der Waals surface area contributed by atoms with Crippen molar-refractivity contribution < 1.29 is 0 Å². The molecule has 1 aliphatic heterocycles. The molecule has 2 aromatic rings. The Morgan fingerprint density at radius 1 is 1.56 bits per heavy atom. The van der Waals surface area contributed by atoms with Gasteiger partial charge in [0, 0.05) is 19.5 Å². The minimum absolute atomic E-state index is 0.00981. The summed E-state index contributed by atoms with van der Waals surface area (Å²) < 4.78 is 3.33. The van der Waals surface area contributed by atoms with Crippen LogP contribution in [0.3, 0.4) is 0 Å². The lowest BCUT2D eigenvalue weighted by Crippen LogP contribution is -2.31. The first-order chi connectivity index (χ1) is 7.81. The van der Waals surface area contributed by atoms with Crippen molar-refractivity contribution >= 4 is 11.5 Å². The van der Waals surface area contributed by atoms with Crippen LogP contribution in [0.15, 0.2) is 11.0 Å². The maximum Gasteiger partial charge on any atom is 0.280 e. The molecule has 0 atom stereocenters. The van der Waals surface area contributed by atoms with Crippen LogP contribution in [0.25, 0.3) is 5.52 Å². The highest BCUT2D eigenvalue weighted by molar-refractivity contribution is 5.45. The summed E-state index contributed by atoms with van der Waals surface area (Å²) in [6, 6.07) is 0. The Kier molecular flexibility index (Phi) is 1.95. The monoisotopic (exact) mass is 219 g/mol. The van der Waals surface area contributed by atoms with Crippen molar-refractivity contribution in [3.05, 3.63) is 22.4 Å². The number of imidazole rings is 1. The molecule has 0 aromatic carbocycles. The summed E-state index contributed by atoms with van der Waals surface area (Å²) in [5.41, 5.74) is 0.550. The second kappa shape index (κ2) is 3.33. The summed E-state index contributed by atoms with van der Waals surface area (Å²) >= 11 is 0. The third kappa shape index (κ3) is 1.16. The molecular weight excluding hydrogens is 206 g/mol. The second-order valence-electron chi connectivity index (χ2n) is 3.89. The fourth-order valence-corrected chi connectivity index (χ4v) is 2.04. The van der Waals surface area contributed by atoms with Crippen LogP contribution in [-0.2, 0) is 13.0 Å². The van der Waals surface area contributed by atoms with Crippen LogP contribution in [0.5, 0.6) is 0 Å². The summed E-state index contributed by atoms with van der Waals surface area (Å²) in [4.78, 5) is 16.3. The largest absolute Gasteiger partial charge is 0.354 e. The molecule has 1 aliphatic rings. The molecule has 0 saturated carbocycles. The zero-order valence-corrected chi connectivity index (χ0v) is 9.10. The van der Waals surface area contributed by atoms with E-state index in [0.717, 1.165) is 31.8 Å². The van der Waals surface area contributed by atoms with Crippen molar-refractivity contribution in [1.29, 1.82) is 0 Å². The fourth-order valence-electron chi connectivity index (χ4n) is 2.04. The number of aromatic nitrogens is 4. The van der Waals surface area contributed by atoms with Gasteiger partial charge in [-0.15, -0.1) is 5.10 Å². The molecule has 3 heterocycles. The standard InChI is InChI=1S/C10H13N5O/c1-2-8-12-6-7-9(16)14-5-3-4-11-10(14)13-15(7)8/h6H,2-5H2,1H3,(H,11,13). The van der Waals surface area contributed by atoms with Crippen molar-refractivity contribution in [3.8, 4) is 0 Å². The third-order valence-electron chi connectivity index (χ3n) is 2.88. The van der Waals surface area contributed by atoms with Gasteiger partial charge in [-0.05, 0) is 6.42 Å². The molecule has 6 heteroatoms. The summed E-state index contributed by atoms with van der Waals surface area (Å²) in [6.07, 6.45) is 3.33. The van der Waals surface area contributed by atoms with Crippen LogP contribution in [0.2, 0.25) is 0 Å². The number of nitrogens with zero attached hydrogens (tertiary/aromatic N) is 4. The van der Waals surface area contributed by atoms with E-state index in [9.17, 15) is 4.79 Å². The molecule has 84 valence electrons. The van der Waals surface area contributed by atoms with Crippen molar-refractivity contribution in [2.75, 3.05) is 11.9 Å². The number of nitrogens with one attached hydrogen (secondary N) is 1. The molecule has 1 N–H and O–H groups in total. The first kappa shape index (κ1) is 9.38. The van der Waals surface area contributed by atoms with Crippen LogP contribution < -0.4 is 10.9 Å². The average Bonchev–Trinajstić information content (AvgIpc) is 2.72. The average molecular weight is 219 g/mol. The molecule has 0 amide bonds. The highest BCUT2D eigenvalue weighted by Crippen LogP contribution is 2.10.